The van der Waals surface area contributed by atoms with E-state index in [2.05, 4.69) is 0 Å². The molecule has 0 amide bonds. The quantitative estimate of drug-likeness (QED) is 0.412. The summed E-state index contributed by atoms with van der Waals surface area (Å²) < 4.78 is 5.20. The monoisotopic (exact) mass is 471 g/mol. The first-order valence-corrected chi connectivity index (χ1v) is 12.6. The highest BCUT2D eigenvalue weighted by Crippen LogP contribution is 2.66. The first-order valence-electron chi connectivity index (χ1n) is 12.6. The molecule has 0 aromatic rings. The average Bonchev–Trinajstić information content (AvgIpc) is 3.06. The SMILES string of the molecule is C[C@]12C=CC(=O)C=C1CC[C@@H]1[C@@H]2C(=O)C[C@@]2(C)[C@H]1CC[C@]2(O)C(=O)COC(=O)CCCCCN. The van der Waals surface area contributed by atoms with Crippen molar-refractivity contribution in [2.24, 2.45) is 34.3 Å². The lowest BCUT2D eigenvalue weighted by Gasteiger charge is -2.56. The van der Waals surface area contributed by atoms with E-state index in [1.165, 1.54) is 0 Å². The Morgan fingerprint density at radius 2 is 1.94 bits per heavy atom. The van der Waals surface area contributed by atoms with Gasteiger partial charge in [0.25, 0.3) is 0 Å². The van der Waals surface area contributed by atoms with E-state index in [0.717, 1.165) is 31.3 Å². The Morgan fingerprint density at radius 3 is 2.68 bits per heavy atom. The van der Waals surface area contributed by atoms with Gasteiger partial charge in [-0.2, -0.15) is 0 Å². The van der Waals surface area contributed by atoms with Gasteiger partial charge in [0, 0.05) is 29.6 Å². The Balaban J connectivity index is 1.48. The maximum atomic E-state index is 13.6. The third kappa shape index (κ3) is 3.91. The zero-order valence-corrected chi connectivity index (χ0v) is 20.3. The largest absolute Gasteiger partial charge is 0.458 e. The molecule has 3 N–H and O–H groups in total. The molecule has 0 aromatic heterocycles. The second-order valence-corrected chi connectivity index (χ2v) is 11.1. The van der Waals surface area contributed by atoms with Crippen molar-refractivity contribution in [1.82, 2.24) is 0 Å². The molecule has 6 atom stereocenters. The van der Waals surface area contributed by atoms with E-state index in [4.69, 9.17) is 10.5 Å². The molecule has 0 heterocycles. The number of rotatable bonds is 8. The number of nitrogens with two attached hydrogens (primary N) is 1. The molecule has 0 unspecified atom stereocenters. The fourth-order valence-electron chi connectivity index (χ4n) is 7.42. The number of carbonyl (C=O) groups excluding carboxylic acids is 4. The van der Waals surface area contributed by atoms with Crippen LogP contribution in [0.15, 0.2) is 23.8 Å². The molecule has 7 heteroatoms. The summed E-state index contributed by atoms with van der Waals surface area (Å²) in [6, 6.07) is 0. The minimum Gasteiger partial charge on any atom is -0.458 e. The number of allylic oxidation sites excluding steroid dienone is 4. The van der Waals surface area contributed by atoms with Gasteiger partial charge < -0.3 is 15.6 Å². The normalized spacial score (nSPS) is 38.6. The third-order valence-corrected chi connectivity index (χ3v) is 9.32. The summed E-state index contributed by atoms with van der Waals surface area (Å²) in [7, 11) is 0. The summed E-state index contributed by atoms with van der Waals surface area (Å²) in [6.07, 6.45) is 10.2. The van der Waals surface area contributed by atoms with Crippen molar-refractivity contribution in [3.8, 4) is 0 Å². The molecule has 0 spiro atoms. The van der Waals surface area contributed by atoms with Crippen molar-refractivity contribution in [3.63, 3.8) is 0 Å². The second-order valence-electron chi connectivity index (χ2n) is 11.1. The Bertz CT molecular complexity index is 953. The second kappa shape index (κ2) is 9.15. The summed E-state index contributed by atoms with van der Waals surface area (Å²) in [5, 5.41) is 11.6. The Labute approximate surface area is 201 Å². The van der Waals surface area contributed by atoms with Crippen LogP contribution in [0.1, 0.15) is 71.6 Å². The minimum atomic E-state index is -1.69. The average molecular weight is 472 g/mol. The summed E-state index contributed by atoms with van der Waals surface area (Å²) in [6.45, 7) is 4.01. The highest BCUT2D eigenvalue weighted by atomic mass is 16.5. The van der Waals surface area contributed by atoms with Crippen LogP contribution in [0.5, 0.6) is 0 Å². The molecule has 4 aliphatic carbocycles. The predicted octanol–water partition coefficient (Wildman–Crippen LogP) is 2.84. The lowest BCUT2D eigenvalue weighted by molar-refractivity contribution is -0.172. The van der Waals surface area contributed by atoms with Gasteiger partial charge in [-0.05, 0) is 69.1 Å². The van der Waals surface area contributed by atoms with Gasteiger partial charge >= 0.3 is 5.97 Å². The van der Waals surface area contributed by atoms with Crippen LogP contribution in [0.4, 0.5) is 0 Å². The van der Waals surface area contributed by atoms with Crippen LogP contribution in [-0.4, -0.2) is 47.2 Å². The first kappa shape index (κ1) is 25.0. The van der Waals surface area contributed by atoms with Crippen LogP contribution >= 0.6 is 0 Å². The number of fused-ring (bicyclic) bond motifs is 5. The van der Waals surface area contributed by atoms with E-state index in [-0.39, 0.29) is 48.6 Å². The molecule has 0 bridgehead atoms. The molecular weight excluding hydrogens is 434 g/mol. The van der Waals surface area contributed by atoms with E-state index in [1.54, 1.807) is 12.2 Å². The highest BCUT2D eigenvalue weighted by Gasteiger charge is 2.68. The third-order valence-electron chi connectivity index (χ3n) is 9.32. The zero-order chi connectivity index (χ0) is 24.7. The smallest absolute Gasteiger partial charge is 0.306 e. The first-order chi connectivity index (χ1) is 16.1. The van der Waals surface area contributed by atoms with Crippen molar-refractivity contribution >= 4 is 23.3 Å². The molecule has 0 aromatic carbocycles. The van der Waals surface area contributed by atoms with Gasteiger partial charge in [0.2, 0.25) is 5.78 Å². The van der Waals surface area contributed by atoms with Crippen LogP contribution in [0, 0.1) is 28.6 Å². The van der Waals surface area contributed by atoms with Crippen molar-refractivity contribution in [2.45, 2.75) is 77.2 Å². The van der Waals surface area contributed by atoms with Gasteiger partial charge in [-0.3, -0.25) is 19.2 Å². The van der Waals surface area contributed by atoms with E-state index in [1.807, 2.05) is 19.9 Å². The number of ketones is 3. The Morgan fingerprint density at radius 1 is 1.18 bits per heavy atom. The molecule has 34 heavy (non-hydrogen) atoms. The number of hydrogen-bond acceptors (Lipinski definition) is 7. The number of aliphatic hydroxyl groups is 1. The summed E-state index contributed by atoms with van der Waals surface area (Å²) in [5.74, 6) is -1.15. The molecule has 3 fully saturated rings. The molecule has 3 saturated carbocycles. The lowest BCUT2D eigenvalue weighted by Crippen LogP contribution is -2.60. The van der Waals surface area contributed by atoms with Crippen LogP contribution in [0.25, 0.3) is 0 Å². The van der Waals surface area contributed by atoms with Crippen LogP contribution < -0.4 is 5.73 Å². The van der Waals surface area contributed by atoms with Gasteiger partial charge in [0.15, 0.2) is 12.4 Å². The fraction of sp³-hybridized carbons (Fsp3) is 0.704. The van der Waals surface area contributed by atoms with Gasteiger partial charge in [0.1, 0.15) is 11.4 Å². The van der Waals surface area contributed by atoms with Crippen molar-refractivity contribution in [1.29, 1.82) is 0 Å². The number of Topliss-reactive ketones (excluding diaryl/α,β-unsaturated/α-hetero) is 2. The van der Waals surface area contributed by atoms with Crippen molar-refractivity contribution < 1.29 is 29.0 Å². The molecule has 4 rings (SSSR count). The fourth-order valence-corrected chi connectivity index (χ4v) is 7.42. The molecule has 7 nitrogen and oxygen atoms in total. The Hall–Kier alpha value is -2.12. The van der Waals surface area contributed by atoms with E-state index in [0.29, 0.717) is 19.4 Å². The number of hydrogen-bond donors (Lipinski definition) is 2. The number of carbonyl (C=O) groups is 4. The van der Waals surface area contributed by atoms with Crippen molar-refractivity contribution in [3.05, 3.63) is 23.8 Å². The lowest BCUT2D eigenvalue weighted by atomic mass is 9.46. The molecule has 0 radical (unpaired) electrons. The van der Waals surface area contributed by atoms with Crippen molar-refractivity contribution in [2.75, 3.05) is 13.2 Å². The summed E-state index contributed by atoms with van der Waals surface area (Å²) in [5.41, 5.74) is 3.41. The van der Waals surface area contributed by atoms with Gasteiger partial charge in [-0.15, -0.1) is 0 Å². The highest BCUT2D eigenvalue weighted by molar-refractivity contribution is 6.02. The van der Waals surface area contributed by atoms with E-state index < -0.39 is 34.8 Å². The number of esters is 1. The molecular formula is C27H37NO6. The number of ether oxygens (including phenoxy) is 1. The van der Waals surface area contributed by atoms with Crippen LogP contribution in [-0.2, 0) is 23.9 Å². The molecule has 0 aliphatic heterocycles. The van der Waals surface area contributed by atoms with Gasteiger partial charge in [0.05, 0.1) is 0 Å². The molecule has 4 aliphatic rings. The zero-order valence-electron chi connectivity index (χ0n) is 20.3. The van der Waals surface area contributed by atoms with Gasteiger partial charge in [-0.25, -0.2) is 0 Å². The minimum absolute atomic E-state index is 0.0144. The number of unbranched alkanes of at least 4 members (excludes halogenated alkanes) is 2. The predicted molar refractivity (Wildman–Crippen MR) is 125 cm³/mol. The Kier molecular flexibility index (Phi) is 6.73. The maximum absolute atomic E-state index is 13.6. The van der Waals surface area contributed by atoms with Gasteiger partial charge in [-0.1, -0.05) is 31.9 Å². The van der Waals surface area contributed by atoms with E-state index >= 15 is 0 Å². The standard InChI is InChI=1S/C27H37NO6/c1-25-11-9-18(29)14-17(25)7-8-19-20-10-12-27(33,26(20,2)15-21(30)24(19)25)22(31)16-34-23(32)6-4-3-5-13-28/h9,11,14,19-20,24,33H,3-8,10,12-13,15-16,28H2,1-2H3/t19-,20-,24+,25-,26-,27-/m0/s1. The molecule has 186 valence electrons. The van der Waals surface area contributed by atoms with Crippen LogP contribution in [0.2, 0.25) is 0 Å². The maximum Gasteiger partial charge on any atom is 0.306 e. The topological polar surface area (TPSA) is 124 Å². The summed E-state index contributed by atoms with van der Waals surface area (Å²) in [4.78, 5) is 50.8. The molecule has 0 saturated heterocycles. The van der Waals surface area contributed by atoms with E-state index in [9.17, 15) is 24.3 Å². The summed E-state index contributed by atoms with van der Waals surface area (Å²) >= 11 is 0. The van der Waals surface area contributed by atoms with Crippen LogP contribution in [0.3, 0.4) is 0 Å².